The van der Waals surface area contributed by atoms with Crippen LogP contribution >= 0.6 is 0 Å². The average molecular weight is 324 g/mol. The number of aromatic nitrogens is 1. The molecule has 122 valence electrons. The Balaban J connectivity index is 2.09. The van der Waals surface area contributed by atoms with Crippen LogP contribution in [0, 0.1) is 0 Å². The Labute approximate surface area is 129 Å². The fourth-order valence-corrected chi connectivity index (χ4v) is 2.91. The number of nitrogens with zero attached hydrogens (tertiary/aromatic N) is 1. The van der Waals surface area contributed by atoms with Crippen molar-refractivity contribution in [1.82, 2.24) is 9.88 Å². The van der Waals surface area contributed by atoms with Crippen molar-refractivity contribution in [2.45, 2.75) is 25.4 Å². The summed E-state index contributed by atoms with van der Waals surface area (Å²) in [5.74, 6) is -0.426. The van der Waals surface area contributed by atoms with E-state index in [0.29, 0.717) is 13.1 Å². The summed E-state index contributed by atoms with van der Waals surface area (Å²) in [6.07, 6.45) is -0.699. The molecule has 0 bridgehead atoms. The van der Waals surface area contributed by atoms with Gasteiger partial charge in [-0.15, -0.1) is 0 Å². The van der Waals surface area contributed by atoms with E-state index in [1.807, 2.05) is 0 Å². The first-order valence-electron chi connectivity index (χ1n) is 7.40. The number of likely N-dealkylation sites (tertiary alicyclic amines) is 1. The minimum absolute atomic E-state index is 0.112. The average Bonchev–Trinajstić information content (AvgIpc) is 2.54. The van der Waals surface area contributed by atoms with Crippen molar-refractivity contribution in [3.05, 3.63) is 45.7 Å². The molecule has 0 spiro atoms. The van der Waals surface area contributed by atoms with Gasteiger partial charge in [-0.1, -0.05) is 6.07 Å². The Hall–Kier alpha value is -2.31. The van der Waals surface area contributed by atoms with E-state index in [1.165, 1.54) is 12.1 Å². The molecule has 1 aliphatic heterocycles. The molecule has 1 N–H and O–H groups in total. The van der Waals surface area contributed by atoms with E-state index in [0.717, 1.165) is 31.5 Å². The molecule has 1 aromatic heterocycles. The van der Waals surface area contributed by atoms with E-state index < -0.39 is 23.1 Å². The van der Waals surface area contributed by atoms with Crippen LogP contribution in [0.25, 0.3) is 10.9 Å². The van der Waals surface area contributed by atoms with Crippen molar-refractivity contribution in [2.75, 3.05) is 13.1 Å². The molecule has 0 saturated carbocycles. The first-order chi connectivity index (χ1) is 10.9. The number of aromatic amines is 1. The van der Waals surface area contributed by atoms with Gasteiger partial charge in [0.2, 0.25) is 5.43 Å². The molecule has 2 aromatic rings. The lowest BCUT2D eigenvalue weighted by atomic mass is 10.1. The lowest BCUT2D eigenvalue weighted by molar-refractivity contribution is -0.136. The summed E-state index contributed by atoms with van der Waals surface area (Å²) in [5, 5.41) is -0.123. The molecule has 1 saturated heterocycles. The molecule has 4 nitrogen and oxygen atoms in total. The number of piperidine rings is 1. The van der Waals surface area contributed by atoms with Crippen molar-refractivity contribution in [3.63, 3.8) is 0 Å². The van der Waals surface area contributed by atoms with Gasteiger partial charge >= 0.3 is 6.18 Å². The predicted octanol–water partition coefficient (Wildman–Crippen LogP) is 3.17. The molecule has 0 radical (unpaired) electrons. The number of halogens is 3. The van der Waals surface area contributed by atoms with Gasteiger partial charge in [-0.3, -0.25) is 9.59 Å². The third kappa shape index (κ3) is 2.83. The molecule has 0 aliphatic carbocycles. The molecule has 1 fully saturated rings. The highest BCUT2D eigenvalue weighted by atomic mass is 19.4. The normalized spacial score (nSPS) is 15.9. The van der Waals surface area contributed by atoms with Crippen molar-refractivity contribution in [1.29, 1.82) is 0 Å². The standard InChI is InChI=1S/C16H15F3N2O2/c17-16(18,19)12-6-4-5-10-13(12)20-9-11(14(10)22)15(23)21-7-2-1-3-8-21/h4-6,9H,1-3,7-8H2,(H,20,22). The third-order valence-electron chi connectivity index (χ3n) is 4.09. The molecule has 1 aliphatic rings. The van der Waals surface area contributed by atoms with E-state index in [2.05, 4.69) is 4.98 Å². The zero-order chi connectivity index (χ0) is 16.6. The van der Waals surface area contributed by atoms with Crippen LogP contribution in [0.3, 0.4) is 0 Å². The summed E-state index contributed by atoms with van der Waals surface area (Å²) < 4.78 is 39.0. The number of benzene rings is 1. The van der Waals surface area contributed by atoms with Crippen LogP contribution in [0.2, 0.25) is 0 Å². The van der Waals surface area contributed by atoms with Gasteiger partial charge in [0.15, 0.2) is 0 Å². The second-order valence-corrected chi connectivity index (χ2v) is 5.61. The van der Waals surface area contributed by atoms with E-state index in [-0.39, 0.29) is 16.5 Å². The second kappa shape index (κ2) is 5.72. The van der Waals surface area contributed by atoms with E-state index in [1.54, 1.807) is 4.90 Å². The van der Waals surface area contributed by atoms with Gasteiger partial charge in [0, 0.05) is 24.7 Å². The molecule has 1 amide bonds. The van der Waals surface area contributed by atoms with Crippen LogP contribution in [-0.2, 0) is 6.18 Å². The number of amides is 1. The number of pyridine rings is 1. The molecule has 1 aromatic carbocycles. The highest BCUT2D eigenvalue weighted by Gasteiger charge is 2.33. The maximum absolute atomic E-state index is 13.0. The zero-order valence-electron chi connectivity index (χ0n) is 12.2. The number of carbonyl (C=O) groups is 1. The summed E-state index contributed by atoms with van der Waals surface area (Å²) in [7, 11) is 0. The number of carbonyl (C=O) groups excluding carboxylic acids is 1. The topological polar surface area (TPSA) is 53.2 Å². The minimum atomic E-state index is -4.57. The fourth-order valence-electron chi connectivity index (χ4n) is 2.91. The molecule has 0 unspecified atom stereocenters. The lowest BCUT2D eigenvalue weighted by Crippen LogP contribution is -2.38. The van der Waals surface area contributed by atoms with Crippen LogP contribution in [0.5, 0.6) is 0 Å². The van der Waals surface area contributed by atoms with E-state index >= 15 is 0 Å². The van der Waals surface area contributed by atoms with Gasteiger partial charge in [0.1, 0.15) is 5.56 Å². The smallest absolute Gasteiger partial charge is 0.360 e. The van der Waals surface area contributed by atoms with Crippen LogP contribution in [0.15, 0.2) is 29.2 Å². The maximum Gasteiger partial charge on any atom is 0.418 e. The summed E-state index contributed by atoms with van der Waals surface area (Å²) >= 11 is 0. The number of alkyl halides is 3. The van der Waals surface area contributed by atoms with Crippen LogP contribution in [0.1, 0.15) is 35.2 Å². The van der Waals surface area contributed by atoms with Crippen molar-refractivity contribution in [3.8, 4) is 0 Å². The first-order valence-corrected chi connectivity index (χ1v) is 7.40. The van der Waals surface area contributed by atoms with Crippen LogP contribution in [0.4, 0.5) is 13.2 Å². The Morgan fingerprint density at radius 1 is 1.13 bits per heavy atom. The Morgan fingerprint density at radius 2 is 1.83 bits per heavy atom. The highest BCUT2D eigenvalue weighted by Crippen LogP contribution is 2.33. The van der Waals surface area contributed by atoms with Gasteiger partial charge in [-0.2, -0.15) is 13.2 Å². The van der Waals surface area contributed by atoms with Crippen molar-refractivity contribution >= 4 is 16.8 Å². The summed E-state index contributed by atoms with van der Waals surface area (Å²) in [6, 6.07) is 3.39. The monoisotopic (exact) mass is 324 g/mol. The van der Waals surface area contributed by atoms with Crippen LogP contribution < -0.4 is 5.43 Å². The number of nitrogens with one attached hydrogen (secondary N) is 1. The molecular formula is C16H15F3N2O2. The van der Waals surface area contributed by atoms with Gasteiger partial charge in [-0.25, -0.2) is 0 Å². The molecule has 2 heterocycles. The van der Waals surface area contributed by atoms with Gasteiger partial charge in [-0.05, 0) is 31.4 Å². The van der Waals surface area contributed by atoms with Crippen molar-refractivity contribution in [2.24, 2.45) is 0 Å². The summed E-state index contributed by atoms with van der Waals surface area (Å²) in [6.45, 7) is 1.14. The van der Waals surface area contributed by atoms with Gasteiger partial charge in [0.05, 0.1) is 11.1 Å². The zero-order valence-corrected chi connectivity index (χ0v) is 12.2. The van der Waals surface area contributed by atoms with Gasteiger partial charge in [0.25, 0.3) is 5.91 Å². The summed E-state index contributed by atoms with van der Waals surface area (Å²) in [4.78, 5) is 29.0. The highest BCUT2D eigenvalue weighted by molar-refractivity contribution is 5.97. The molecule has 23 heavy (non-hydrogen) atoms. The predicted molar refractivity (Wildman–Crippen MR) is 79.3 cm³/mol. The van der Waals surface area contributed by atoms with E-state index in [9.17, 15) is 22.8 Å². The van der Waals surface area contributed by atoms with Crippen molar-refractivity contribution < 1.29 is 18.0 Å². The Morgan fingerprint density at radius 3 is 2.48 bits per heavy atom. The van der Waals surface area contributed by atoms with E-state index in [4.69, 9.17) is 0 Å². The SMILES string of the molecule is O=C(c1c[nH]c2c(C(F)(F)F)cccc2c1=O)N1CCCCC1. The van der Waals surface area contributed by atoms with Gasteiger partial charge < -0.3 is 9.88 Å². The van der Waals surface area contributed by atoms with Crippen LogP contribution in [-0.4, -0.2) is 28.9 Å². The molecule has 0 atom stereocenters. The lowest BCUT2D eigenvalue weighted by Gasteiger charge is -2.26. The molecular weight excluding hydrogens is 309 g/mol. The molecule has 7 heteroatoms. The quantitative estimate of drug-likeness (QED) is 0.876. The number of rotatable bonds is 1. The maximum atomic E-state index is 13.0. The number of para-hydroxylation sites is 1. The first kappa shape index (κ1) is 15.6. The largest absolute Gasteiger partial charge is 0.418 e. The number of hydrogen-bond donors (Lipinski definition) is 1. The minimum Gasteiger partial charge on any atom is -0.360 e. The number of hydrogen-bond acceptors (Lipinski definition) is 2. The third-order valence-corrected chi connectivity index (χ3v) is 4.09. The second-order valence-electron chi connectivity index (χ2n) is 5.61. The number of fused-ring (bicyclic) bond motifs is 1. The molecule has 3 rings (SSSR count). The fraction of sp³-hybridized carbons (Fsp3) is 0.375. The number of H-pyrrole nitrogens is 1. The Bertz CT molecular complexity index is 805. The Kier molecular flexibility index (Phi) is 3.87. The summed E-state index contributed by atoms with van der Waals surface area (Å²) in [5.41, 5.74) is -1.98.